The number of hydrogen-bond donors (Lipinski definition) is 0. The summed E-state index contributed by atoms with van der Waals surface area (Å²) in [5, 5.41) is 4.02. The van der Waals surface area contributed by atoms with E-state index in [0.29, 0.717) is 23.7 Å². The Labute approximate surface area is 168 Å². The highest BCUT2D eigenvalue weighted by molar-refractivity contribution is 5.94. The summed E-state index contributed by atoms with van der Waals surface area (Å²) in [5.74, 6) is 0.683. The Morgan fingerprint density at radius 3 is 2.72 bits per heavy atom. The Kier molecular flexibility index (Phi) is 5.13. The fraction of sp³-hybridized carbons (Fsp3) is 0.364. The van der Waals surface area contributed by atoms with E-state index in [-0.39, 0.29) is 11.9 Å². The maximum atomic E-state index is 13.6. The summed E-state index contributed by atoms with van der Waals surface area (Å²) in [6.07, 6.45) is 2.65. The number of carbonyl (C=O) groups is 1. The van der Waals surface area contributed by atoms with Crippen LogP contribution in [0.5, 0.6) is 0 Å². The van der Waals surface area contributed by atoms with E-state index in [2.05, 4.69) is 10.1 Å². The van der Waals surface area contributed by atoms with E-state index in [1.165, 1.54) is 12.1 Å². The molecule has 0 spiro atoms. The molecule has 150 valence electrons. The van der Waals surface area contributed by atoms with Crippen LogP contribution in [0.1, 0.15) is 58.6 Å². The molecule has 0 unspecified atom stereocenters. The number of nitrogens with zero attached hydrogens (tertiary/aromatic N) is 4. The van der Waals surface area contributed by atoms with Crippen LogP contribution in [0.25, 0.3) is 11.3 Å². The van der Waals surface area contributed by atoms with Gasteiger partial charge < -0.3 is 9.42 Å². The van der Waals surface area contributed by atoms with Gasteiger partial charge in [-0.2, -0.15) is 0 Å². The molecular formula is C22H23FN4O2. The van der Waals surface area contributed by atoms with Crippen molar-refractivity contribution in [2.24, 2.45) is 0 Å². The molecule has 0 aliphatic carbocycles. The van der Waals surface area contributed by atoms with E-state index < -0.39 is 5.82 Å². The molecule has 1 fully saturated rings. The number of halogens is 1. The van der Waals surface area contributed by atoms with Crippen LogP contribution in [-0.4, -0.2) is 32.5 Å². The molecule has 4 rings (SSSR count). The molecule has 1 aliphatic heterocycles. The Balaban J connectivity index is 1.73. The first-order chi connectivity index (χ1) is 13.9. The third kappa shape index (κ3) is 3.77. The molecule has 2 aromatic heterocycles. The van der Waals surface area contributed by atoms with Crippen LogP contribution in [0.4, 0.5) is 4.39 Å². The summed E-state index contributed by atoms with van der Waals surface area (Å²) in [6, 6.07) is 7.46. The molecule has 0 bridgehead atoms. The Bertz CT molecular complexity index is 1040. The number of hydrogen-bond acceptors (Lipinski definition) is 5. The monoisotopic (exact) mass is 394 g/mol. The van der Waals surface area contributed by atoms with Crippen LogP contribution in [0.3, 0.4) is 0 Å². The van der Waals surface area contributed by atoms with Gasteiger partial charge in [0, 0.05) is 17.8 Å². The highest BCUT2D eigenvalue weighted by Crippen LogP contribution is 2.33. The molecule has 29 heavy (non-hydrogen) atoms. The Morgan fingerprint density at radius 1 is 1.17 bits per heavy atom. The van der Waals surface area contributed by atoms with Gasteiger partial charge in [-0.3, -0.25) is 4.79 Å². The van der Waals surface area contributed by atoms with Crippen LogP contribution in [0, 0.1) is 26.6 Å². The zero-order chi connectivity index (χ0) is 20.5. The fourth-order valence-electron chi connectivity index (χ4n) is 3.95. The molecule has 0 saturated carbocycles. The molecule has 0 radical (unpaired) electrons. The zero-order valence-electron chi connectivity index (χ0n) is 16.8. The minimum Gasteiger partial charge on any atom is -0.361 e. The highest BCUT2D eigenvalue weighted by Gasteiger charge is 2.31. The van der Waals surface area contributed by atoms with Gasteiger partial charge >= 0.3 is 0 Å². The summed E-state index contributed by atoms with van der Waals surface area (Å²) in [4.78, 5) is 24.3. The van der Waals surface area contributed by atoms with Gasteiger partial charge in [0.15, 0.2) is 5.82 Å². The van der Waals surface area contributed by atoms with Gasteiger partial charge in [0.1, 0.15) is 11.6 Å². The third-order valence-electron chi connectivity index (χ3n) is 5.29. The van der Waals surface area contributed by atoms with Crippen LogP contribution in [-0.2, 0) is 0 Å². The summed E-state index contributed by atoms with van der Waals surface area (Å²) in [7, 11) is 0. The minimum absolute atomic E-state index is 0.196. The van der Waals surface area contributed by atoms with Crippen LogP contribution in [0.2, 0.25) is 0 Å². The standard InChI is InChI=1S/C22H23FN4O2/c1-13-11-18(20-14(2)26-29-15(20)3)25-21(24-13)19-9-4-5-10-27(19)22(28)16-7-6-8-17(23)12-16/h6-8,11-12,19H,4-5,9-10H2,1-3H3/t19-/m0/s1. The molecule has 1 aliphatic rings. The number of likely N-dealkylation sites (tertiary alicyclic amines) is 1. The zero-order valence-corrected chi connectivity index (χ0v) is 16.8. The van der Waals surface area contributed by atoms with Crippen molar-refractivity contribution in [1.82, 2.24) is 20.0 Å². The molecule has 1 atom stereocenters. The third-order valence-corrected chi connectivity index (χ3v) is 5.29. The fourth-order valence-corrected chi connectivity index (χ4v) is 3.95. The average Bonchev–Trinajstić information content (AvgIpc) is 3.05. The first-order valence-electron chi connectivity index (χ1n) is 9.79. The van der Waals surface area contributed by atoms with E-state index >= 15 is 0 Å². The molecule has 1 saturated heterocycles. The van der Waals surface area contributed by atoms with Gasteiger partial charge in [-0.25, -0.2) is 14.4 Å². The highest BCUT2D eigenvalue weighted by atomic mass is 19.1. The lowest BCUT2D eigenvalue weighted by molar-refractivity contribution is 0.0599. The molecule has 1 aromatic carbocycles. The number of amides is 1. The largest absolute Gasteiger partial charge is 0.361 e. The maximum Gasteiger partial charge on any atom is 0.254 e. The first kappa shape index (κ1) is 19.2. The number of carbonyl (C=O) groups excluding carboxylic acids is 1. The van der Waals surface area contributed by atoms with Crippen molar-refractivity contribution in [2.75, 3.05) is 6.54 Å². The molecule has 0 N–H and O–H groups in total. The number of piperidine rings is 1. The van der Waals surface area contributed by atoms with Crippen molar-refractivity contribution in [3.63, 3.8) is 0 Å². The minimum atomic E-state index is -0.420. The second-order valence-electron chi connectivity index (χ2n) is 7.47. The van der Waals surface area contributed by atoms with E-state index in [1.807, 2.05) is 26.8 Å². The Morgan fingerprint density at radius 2 is 2.00 bits per heavy atom. The topological polar surface area (TPSA) is 72.1 Å². The predicted molar refractivity (Wildman–Crippen MR) is 106 cm³/mol. The normalized spacial score (nSPS) is 16.8. The molecule has 3 heterocycles. The molecule has 3 aromatic rings. The molecule has 1 amide bonds. The van der Waals surface area contributed by atoms with Gasteiger partial charge in [-0.15, -0.1) is 0 Å². The molecule has 6 nitrogen and oxygen atoms in total. The second-order valence-corrected chi connectivity index (χ2v) is 7.47. The Hall–Kier alpha value is -3.09. The van der Waals surface area contributed by atoms with E-state index in [9.17, 15) is 9.18 Å². The number of aryl methyl sites for hydroxylation is 3. The van der Waals surface area contributed by atoms with Crippen LogP contribution in [0.15, 0.2) is 34.9 Å². The van der Waals surface area contributed by atoms with Gasteiger partial charge in [-0.05, 0) is 64.3 Å². The van der Waals surface area contributed by atoms with Crippen molar-refractivity contribution < 1.29 is 13.7 Å². The number of rotatable bonds is 3. The van der Waals surface area contributed by atoms with Crippen molar-refractivity contribution in [1.29, 1.82) is 0 Å². The lowest BCUT2D eigenvalue weighted by atomic mass is 9.99. The van der Waals surface area contributed by atoms with Crippen LogP contribution < -0.4 is 0 Å². The smallest absolute Gasteiger partial charge is 0.254 e. The predicted octanol–water partition coefficient (Wildman–Crippen LogP) is 4.56. The van der Waals surface area contributed by atoms with Gasteiger partial charge in [0.2, 0.25) is 0 Å². The summed E-state index contributed by atoms with van der Waals surface area (Å²) in [6.45, 7) is 6.24. The van der Waals surface area contributed by atoms with Gasteiger partial charge in [0.05, 0.1) is 23.0 Å². The van der Waals surface area contributed by atoms with Crippen molar-refractivity contribution >= 4 is 5.91 Å². The van der Waals surface area contributed by atoms with Gasteiger partial charge in [0.25, 0.3) is 5.91 Å². The quantitative estimate of drug-likeness (QED) is 0.651. The second kappa shape index (κ2) is 7.73. The molecular weight excluding hydrogens is 371 g/mol. The van der Waals surface area contributed by atoms with E-state index in [1.54, 1.807) is 17.0 Å². The van der Waals surface area contributed by atoms with Crippen LogP contribution >= 0.6 is 0 Å². The van der Waals surface area contributed by atoms with Crippen molar-refractivity contribution in [3.8, 4) is 11.3 Å². The maximum absolute atomic E-state index is 13.6. The first-order valence-corrected chi connectivity index (χ1v) is 9.79. The number of benzene rings is 1. The van der Waals surface area contributed by atoms with E-state index in [0.717, 1.165) is 41.9 Å². The number of aromatic nitrogens is 3. The summed E-state index contributed by atoms with van der Waals surface area (Å²) < 4.78 is 18.9. The van der Waals surface area contributed by atoms with Crippen molar-refractivity contribution in [3.05, 3.63) is 64.7 Å². The van der Waals surface area contributed by atoms with Gasteiger partial charge in [-0.1, -0.05) is 11.2 Å². The summed E-state index contributed by atoms with van der Waals surface area (Å²) >= 11 is 0. The SMILES string of the molecule is Cc1cc(-c2c(C)noc2C)nc([C@@H]2CCCCN2C(=O)c2cccc(F)c2)n1. The lowest BCUT2D eigenvalue weighted by Crippen LogP contribution is -2.39. The summed E-state index contributed by atoms with van der Waals surface area (Å²) in [5.41, 5.74) is 3.52. The average molecular weight is 394 g/mol. The van der Waals surface area contributed by atoms with Crippen molar-refractivity contribution in [2.45, 2.75) is 46.1 Å². The molecule has 7 heteroatoms. The van der Waals surface area contributed by atoms with E-state index in [4.69, 9.17) is 9.51 Å². The lowest BCUT2D eigenvalue weighted by Gasteiger charge is -2.35.